The zero-order valence-electron chi connectivity index (χ0n) is 10.6. The number of thioether (sulfide) groups is 1. The minimum absolute atomic E-state index is 0.190. The van der Waals surface area contributed by atoms with Crippen molar-refractivity contribution >= 4 is 17.6 Å². The van der Waals surface area contributed by atoms with Crippen molar-refractivity contribution in [2.45, 2.75) is 23.7 Å². The first-order chi connectivity index (χ1) is 8.44. The number of benzene rings is 1. The summed E-state index contributed by atoms with van der Waals surface area (Å²) in [5, 5.41) is 4.37. The Morgan fingerprint density at radius 3 is 2.78 bits per heavy atom. The van der Waals surface area contributed by atoms with Gasteiger partial charge in [-0.25, -0.2) is 0 Å². The molecule has 0 amide bonds. The predicted octanol–water partition coefficient (Wildman–Crippen LogP) is 2.89. The molecule has 0 bridgehead atoms. The summed E-state index contributed by atoms with van der Waals surface area (Å²) >= 11 is 1.73. The van der Waals surface area contributed by atoms with Crippen LogP contribution >= 0.6 is 11.8 Å². The van der Waals surface area contributed by atoms with Gasteiger partial charge in [-0.15, -0.1) is 0 Å². The molecule has 94 valence electrons. The number of fused-ring (bicyclic) bond motifs is 1. The normalized spacial score (nSPS) is 16.4. The third-order valence-electron chi connectivity index (χ3n) is 2.87. The van der Waals surface area contributed by atoms with E-state index < -0.39 is 0 Å². The molecule has 1 aromatic carbocycles. The third-order valence-corrected chi connectivity index (χ3v) is 4.00. The summed E-state index contributed by atoms with van der Waals surface area (Å²) in [6.45, 7) is 4.13. The highest BCUT2D eigenvalue weighted by Gasteiger charge is 2.31. The summed E-state index contributed by atoms with van der Waals surface area (Å²) in [6.07, 6.45) is 0. The number of nitrogens with two attached hydrogens (primary N) is 1. The lowest BCUT2D eigenvalue weighted by molar-refractivity contribution is 0.215. The Balaban J connectivity index is 2.02. The molecule has 0 atom stereocenters. The molecule has 0 fully saturated rings. The number of hydrogen-bond donors (Lipinski definition) is 1. The lowest BCUT2D eigenvalue weighted by Gasteiger charge is -2.15. The zero-order chi connectivity index (χ0) is 12.9. The molecule has 2 aromatic rings. The van der Waals surface area contributed by atoms with Gasteiger partial charge in [-0.3, -0.25) is 4.68 Å². The Hall–Kier alpha value is -1.62. The molecule has 1 aliphatic heterocycles. The summed E-state index contributed by atoms with van der Waals surface area (Å²) in [4.78, 5) is 0.983. The molecule has 0 unspecified atom stereocenters. The molecule has 0 spiro atoms. The van der Waals surface area contributed by atoms with Crippen LogP contribution in [0.5, 0.6) is 5.75 Å². The standard InChI is InChI=1S/C13H15N3OS/c1-13(2)17-10-6-8(4-5-11(10)18-13)9-7-12(14)16(3)15-9/h4-7H,14H2,1-3H3. The minimum atomic E-state index is -0.190. The van der Waals surface area contributed by atoms with Crippen LogP contribution < -0.4 is 10.5 Å². The molecule has 0 saturated heterocycles. The van der Waals surface area contributed by atoms with Crippen molar-refractivity contribution in [2.75, 3.05) is 5.73 Å². The van der Waals surface area contributed by atoms with Gasteiger partial charge in [0.05, 0.1) is 10.6 Å². The van der Waals surface area contributed by atoms with E-state index in [9.17, 15) is 0 Å². The molecule has 4 nitrogen and oxygen atoms in total. The summed E-state index contributed by atoms with van der Waals surface area (Å²) in [7, 11) is 1.83. The number of nitrogens with zero attached hydrogens (tertiary/aromatic N) is 2. The first-order valence-corrected chi connectivity index (χ1v) is 6.58. The second kappa shape index (κ2) is 3.68. The van der Waals surface area contributed by atoms with E-state index in [2.05, 4.69) is 31.1 Å². The van der Waals surface area contributed by atoms with E-state index in [4.69, 9.17) is 10.5 Å². The fourth-order valence-corrected chi connectivity index (χ4v) is 3.00. The molecule has 18 heavy (non-hydrogen) atoms. The van der Waals surface area contributed by atoms with Gasteiger partial charge in [0.15, 0.2) is 4.93 Å². The van der Waals surface area contributed by atoms with Crippen molar-refractivity contribution in [3.63, 3.8) is 0 Å². The summed E-state index contributed by atoms with van der Waals surface area (Å²) in [6, 6.07) is 8.03. The molecule has 1 aliphatic rings. The number of aryl methyl sites for hydroxylation is 1. The molecule has 5 heteroatoms. The number of rotatable bonds is 1. The van der Waals surface area contributed by atoms with Crippen LogP contribution in [0.4, 0.5) is 5.82 Å². The third kappa shape index (κ3) is 1.84. The summed E-state index contributed by atoms with van der Waals surface area (Å²) < 4.78 is 7.56. The van der Waals surface area contributed by atoms with Crippen molar-refractivity contribution in [2.24, 2.45) is 7.05 Å². The number of ether oxygens (including phenoxy) is 1. The van der Waals surface area contributed by atoms with Crippen molar-refractivity contribution in [3.8, 4) is 17.0 Å². The maximum atomic E-state index is 5.89. The Bertz CT molecular complexity index is 599. The lowest BCUT2D eigenvalue weighted by Crippen LogP contribution is -2.17. The van der Waals surface area contributed by atoms with E-state index in [0.29, 0.717) is 5.82 Å². The Morgan fingerprint density at radius 1 is 1.33 bits per heavy atom. The first kappa shape index (κ1) is 11.5. The van der Waals surface area contributed by atoms with Crippen molar-refractivity contribution in [3.05, 3.63) is 24.3 Å². The van der Waals surface area contributed by atoms with E-state index in [1.807, 2.05) is 19.2 Å². The van der Waals surface area contributed by atoms with Gasteiger partial charge in [0.2, 0.25) is 0 Å². The average molecular weight is 261 g/mol. The molecule has 3 rings (SSSR count). The first-order valence-electron chi connectivity index (χ1n) is 5.76. The molecule has 2 heterocycles. The second-order valence-electron chi connectivity index (χ2n) is 4.84. The fraction of sp³-hybridized carbons (Fsp3) is 0.308. The van der Waals surface area contributed by atoms with Crippen LogP contribution in [0, 0.1) is 0 Å². The SMILES string of the molecule is Cn1nc(-c2ccc3c(c2)OC(C)(C)S3)cc1N. The van der Waals surface area contributed by atoms with Gasteiger partial charge in [0, 0.05) is 18.7 Å². The molecule has 1 aromatic heterocycles. The van der Waals surface area contributed by atoms with Crippen LogP contribution in [-0.4, -0.2) is 14.7 Å². The van der Waals surface area contributed by atoms with Crippen LogP contribution in [0.3, 0.4) is 0 Å². The number of anilines is 1. The number of nitrogen functional groups attached to an aromatic ring is 1. The average Bonchev–Trinajstić information content (AvgIpc) is 2.76. The number of hydrogen-bond acceptors (Lipinski definition) is 4. The maximum Gasteiger partial charge on any atom is 0.153 e. The smallest absolute Gasteiger partial charge is 0.153 e. The molecular weight excluding hydrogens is 246 g/mol. The number of aromatic nitrogens is 2. The minimum Gasteiger partial charge on any atom is -0.476 e. The largest absolute Gasteiger partial charge is 0.476 e. The molecule has 0 saturated carbocycles. The van der Waals surface area contributed by atoms with E-state index in [0.717, 1.165) is 17.0 Å². The molecule has 2 N–H and O–H groups in total. The Kier molecular flexibility index (Phi) is 2.35. The van der Waals surface area contributed by atoms with E-state index in [-0.39, 0.29) is 4.93 Å². The summed E-state index contributed by atoms with van der Waals surface area (Å²) in [5.74, 6) is 1.58. The van der Waals surface area contributed by atoms with Gasteiger partial charge in [0.1, 0.15) is 11.6 Å². The molecular formula is C13H15N3OS. The molecule has 0 radical (unpaired) electrons. The lowest BCUT2D eigenvalue weighted by atomic mass is 10.1. The van der Waals surface area contributed by atoms with E-state index >= 15 is 0 Å². The van der Waals surface area contributed by atoms with Gasteiger partial charge < -0.3 is 10.5 Å². The topological polar surface area (TPSA) is 53.1 Å². The van der Waals surface area contributed by atoms with Crippen molar-refractivity contribution in [1.82, 2.24) is 9.78 Å². The van der Waals surface area contributed by atoms with Gasteiger partial charge in [-0.05, 0) is 26.0 Å². The maximum absolute atomic E-state index is 5.89. The van der Waals surface area contributed by atoms with Gasteiger partial charge >= 0.3 is 0 Å². The predicted molar refractivity (Wildman–Crippen MR) is 73.6 cm³/mol. The van der Waals surface area contributed by atoms with Crippen LogP contribution in [0.15, 0.2) is 29.2 Å². The van der Waals surface area contributed by atoms with Gasteiger partial charge in [-0.2, -0.15) is 5.10 Å². The Labute approximate surface area is 110 Å². The van der Waals surface area contributed by atoms with Gasteiger partial charge in [-0.1, -0.05) is 17.8 Å². The van der Waals surface area contributed by atoms with Crippen molar-refractivity contribution in [1.29, 1.82) is 0 Å². The van der Waals surface area contributed by atoms with Crippen LogP contribution in [0.25, 0.3) is 11.3 Å². The highest BCUT2D eigenvalue weighted by Crippen LogP contribution is 2.48. The fourth-order valence-electron chi connectivity index (χ4n) is 2.00. The highest BCUT2D eigenvalue weighted by atomic mass is 32.2. The highest BCUT2D eigenvalue weighted by molar-refractivity contribution is 8.00. The van der Waals surface area contributed by atoms with Crippen molar-refractivity contribution < 1.29 is 4.74 Å². The van der Waals surface area contributed by atoms with Gasteiger partial charge in [0.25, 0.3) is 0 Å². The van der Waals surface area contributed by atoms with E-state index in [1.165, 1.54) is 4.90 Å². The zero-order valence-corrected chi connectivity index (χ0v) is 11.4. The summed E-state index contributed by atoms with van der Waals surface area (Å²) in [5.41, 5.74) is 7.70. The molecule has 0 aliphatic carbocycles. The second-order valence-corrected chi connectivity index (χ2v) is 6.47. The van der Waals surface area contributed by atoms with E-state index in [1.54, 1.807) is 16.4 Å². The Morgan fingerprint density at radius 2 is 2.11 bits per heavy atom. The van der Waals surface area contributed by atoms with Crippen LogP contribution in [0.1, 0.15) is 13.8 Å². The monoisotopic (exact) mass is 261 g/mol. The van der Waals surface area contributed by atoms with Crippen LogP contribution in [-0.2, 0) is 7.05 Å². The quantitative estimate of drug-likeness (QED) is 0.857. The van der Waals surface area contributed by atoms with Crippen LogP contribution in [0.2, 0.25) is 0 Å².